The van der Waals surface area contributed by atoms with Crippen molar-refractivity contribution in [2.45, 2.75) is 6.42 Å². The minimum atomic E-state index is 0.505. The second kappa shape index (κ2) is 2.57. The van der Waals surface area contributed by atoms with Crippen molar-refractivity contribution in [3.63, 3.8) is 0 Å². The van der Waals surface area contributed by atoms with Gasteiger partial charge in [-0.15, -0.1) is 11.3 Å². The molecule has 0 bridgehead atoms. The van der Waals surface area contributed by atoms with Gasteiger partial charge >= 0.3 is 0 Å². The molecule has 1 heterocycles. The van der Waals surface area contributed by atoms with Gasteiger partial charge in [-0.05, 0) is 0 Å². The predicted octanol–water partition coefficient (Wildman–Crippen LogP) is 0.885. The molecule has 0 N–H and O–H groups in total. The average Bonchev–Trinajstić information content (AvgIpc) is 2.19. The first-order valence-electron chi connectivity index (χ1n) is 2.24. The van der Waals surface area contributed by atoms with Crippen LogP contribution in [-0.2, 0) is 11.2 Å². The van der Waals surface area contributed by atoms with Gasteiger partial charge in [0.2, 0.25) is 0 Å². The van der Waals surface area contributed by atoms with Crippen LogP contribution in [0.5, 0.6) is 0 Å². The Morgan fingerprint density at radius 2 is 2.75 bits per heavy atom. The minimum Gasteiger partial charge on any atom is -0.303 e. The van der Waals surface area contributed by atoms with Gasteiger partial charge in [0.25, 0.3) is 0 Å². The zero-order valence-electron chi connectivity index (χ0n) is 4.20. The van der Waals surface area contributed by atoms with E-state index in [9.17, 15) is 4.79 Å². The zero-order chi connectivity index (χ0) is 5.82. The Hall–Kier alpha value is -0.700. The van der Waals surface area contributed by atoms with Crippen LogP contribution >= 0.6 is 11.3 Å². The second-order valence-electron chi connectivity index (χ2n) is 1.34. The maximum atomic E-state index is 9.85. The van der Waals surface area contributed by atoms with Gasteiger partial charge in [0, 0.05) is 17.5 Å². The number of rotatable bonds is 2. The number of hydrogen-bond donors (Lipinski definition) is 0. The Balaban J connectivity index is 2.62. The van der Waals surface area contributed by atoms with Gasteiger partial charge in [-0.25, -0.2) is 0 Å². The Morgan fingerprint density at radius 1 is 1.88 bits per heavy atom. The van der Waals surface area contributed by atoms with Crippen LogP contribution in [0.15, 0.2) is 11.7 Å². The molecule has 0 saturated carbocycles. The molecular weight excluding hydrogens is 122 g/mol. The van der Waals surface area contributed by atoms with E-state index in [4.69, 9.17) is 0 Å². The van der Waals surface area contributed by atoms with Crippen molar-refractivity contribution >= 4 is 17.6 Å². The maximum absolute atomic E-state index is 9.85. The highest BCUT2D eigenvalue weighted by Gasteiger charge is 1.88. The Labute approximate surface area is 51.2 Å². The fourth-order valence-corrected chi connectivity index (χ4v) is 0.968. The average molecular weight is 127 g/mol. The van der Waals surface area contributed by atoms with Crippen molar-refractivity contribution in [2.75, 3.05) is 0 Å². The van der Waals surface area contributed by atoms with Gasteiger partial charge in [-0.2, -0.15) is 0 Å². The highest BCUT2D eigenvalue weighted by atomic mass is 32.1. The van der Waals surface area contributed by atoms with Gasteiger partial charge in [0.15, 0.2) is 0 Å². The van der Waals surface area contributed by atoms with Gasteiger partial charge in [0.05, 0.1) is 5.51 Å². The summed E-state index contributed by atoms with van der Waals surface area (Å²) in [6.07, 6.45) is 3.09. The van der Waals surface area contributed by atoms with Crippen LogP contribution in [0.3, 0.4) is 0 Å². The van der Waals surface area contributed by atoms with Crippen LogP contribution in [0.1, 0.15) is 4.88 Å². The first-order chi connectivity index (χ1) is 3.93. The number of carbonyl (C=O) groups excluding carboxylic acids is 1. The molecule has 0 aromatic carbocycles. The summed E-state index contributed by atoms with van der Waals surface area (Å²) in [4.78, 5) is 14.7. The van der Waals surface area contributed by atoms with Crippen LogP contribution < -0.4 is 0 Å². The number of nitrogens with zero attached hydrogens (tertiary/aromatic N) is 1. The summed E-state index contributed by atoms with van der Waals surface area (Å²) in [5, 5.41) is 0. The molecule has 1 aromatic rings. The molecule has 1 rings (SSSR count). The van der Waals surface area contributed by atoms with Crippen LogP contribution in [-0.4, -0.2) is 11.3 Å². The monoisotopic (exact) mass is 127 g/mol. The van der Waals surface area contributed by atoms with Gasteiger partial charge in [-0.1, -0.05) is 0 Å². The molecular formula is C5H5NOS. The van der Waals surface area contributed by atoms with Crippen LogP contribution in [0.2, 0.25) is 0 Å². The second-order valence-corrected chi connectivity index (χ2v) is 2.31. The fourth-order valence-electron chi connectivity index (χ4n) is 0.425. The van der Waals surface area contributed by atoms with Gasteiger partial charge in [0.1, 0.15) is 6.29 Å². The lowest BCUT2D eigenvalue weighted by molar-refractivity contribution is -0.107. The van der Waals surface area contributed by atoms with E-state index in [0.717, 1.165) is 11.2 Å². The van der Waals surface area contributed by atoms with E-state index < -0.39 is 0 Å². The van der Waals surface area contributed by atoms with Crippen molar-refractivity contribution in [2.24, 2.45) is 0 Å². The van der Waals surface area contributed by atoms with E-state index in [0.29, 0.717) is 6.42 Å². The van der Waals surface area contributed by atoms with E-state index in [-0.39, 0.29) is 0 Å². The molecule has 0 aliphatic carbocycles. The summed E-state index contributed by atoms with van der Waals surface area (Å²) in [5.41, 5.74) is 1.72. The summed E-state index contributed by atoms with van der Waals surface area (Å²) < 4.78 is 0. The lowest BCUT2D eigenvalue weighted by Gasteiger charge is -1.76. The molecule has 3 heteroatoms. The number of aromatic nitrogens is 1. The van der Waals surface area contributed by atoms with E-state index in [2.05, 4.69) is 4.98 Å². The van der Waals surface area contributed by atoms with E-state index in [1.165, 1.54) is 11.3 Å². The predicted molar refractivity (Wildman–Crippen MR) is 31.9 cm³/mol. The molecule has 0 unspecified atom stereocenters. The topological polar surface area (TPSA) is 30.0 Å². The molecule has 0 aliphatic rings. The summed E-state index contributed by atoms with van der Waals surface area (Å²) in [6.45, 7) is 0. The first kappa shape index (κ1) is 5.44. The molecule has 0 radical (unpaired) electrons. The molecule has 0 saturated heterocycles. The van der Waals surface area contributed by atoms with Crippen molar-refractivity contribution < 1.29 is 4.79 Å². The number of hydrogen-bond acceptors (Lipinski definition) is 3. The third-order valence-corrected chi connectivity index (χ3v) is 1.57. The molecule has 1 aromatic heterocycles. The zero-order valence-corrected chi connectivity index (χ0v) is 5.02. The maximum Gasteiger partial charge on any atom is 0.125 e. The SMILES string of the molecule is O=CCc1cncs1. The molecule has 2 nitrogen and oxygen atoms in total. The van der Waals surface area contributed by atoms with E-state index in [1.54, 1.807) is 11.7 Å². The van der Waals surface area contributed by atoms with Crippen molar-refractivity contribution in [3.05, 3.63) is 16.6 Å². The lowest BCUT2D eigenvalue weighted by Crippen LogP contribution is -1.76. The summed E-state index contributed by atoms with van der Waals surface area (Å²) in [7, 11) is 0. The molecule has 0 atom stereocenters. The summed E-state index contributed by atoms with van der Waals surface area (Å²) >= 11 is 1.51. The smallest absolute Gasteiger partial charge is 0.125 e. The molecule has 0 amide bonds. The quantitative estimate of drug-likeness (QED) is 0.552. The largest absolute Gasteiger partial charge is 0.303 e. The number of aldehydes is 1. The standard InChI is InChI=1S/C5H5NOS/c7-2-1-5-3-6-4-8-5/h2-4H,1H2. The molecule has 42 valence electrons. The molecule has 0 aliphatic heterocycles. The van der Waals surface area contributed by atoms with Crippen molar-refractivity contribution in [3.8, 4) is 0 Å². The van der Waals surface area contributed by atoms with Gasteiger partial charge < -0.3 is 4.79 Å². The van der Waals surface area contributed by atoms with Crippen LogP contribution in [0, 0.1) is 0 Å². The first-order valence-corrected chi connectivity index (χ1v) is 3.12. The van der Waals surface area contributed by atoms with E-state index in [1.807, 2.05) is 0 Å². The summed E-state index contributed by atoms with van der Waals surface area (Å²) in [5.74, 6) is 0. The third kappa shape index (κ3) is 1.13. The van der Waals surface area contributed by atoms with Crippen LogP contribution in [0.4, 0.5) is 0 Å². The third-order valence-electron chi connectivity index (χ3n) is 0.768. The van der Waals surface area contributed by atoms with Crippen LogP contribution in [0.25, 0.3) is 0 Å². The van der Waals surface area contributed by atoms with Crippen molar-refractivity contribution in [1.82, 2.24) is 4.98 Å². The van der Waals surface area contributed by atoms with Gasteiger partial charge in [-0.3, -0.25) is 4.98 Å². The molecule has 0 spiro atoms. The molecule has 8 heavy (non-hydrogen) atoms. The molecule has 0 fully saturated rings. The van der Waals surface area contributed by atoms with E-state index >= 15 is 0 Å². The summed E-state index contributed by atoms with van der Waals surface area (Å²) in [6, 6.07) is 0. The highest BCUT2D eigenvalue weighted by molar-refractivity contribution is 7.09. The minimum absolute atomic E-state index is 0.505. The number of thiazole rings is 1. The fraction of sp³-hybridized carbons (Fsp3) is 0.200. The lowest BCUT2D eigenvalue weighted by atomic mass is 10.4. The highest BCUT2D eigenvalue weighted by Crippen LogP contribution is 2.03. The Morgan fingerprint density at radius 3 is 3.25 bits per heavy atom. The van der Waals surface area contributed by atoms with Crippen molar-refractivity contribution in [1.29, 1.82) is 0 Å². The number of carbonyl (C=O) groups is 1. The normalized spacial score (nSPS) is 9.00. The Bertz CT molecular complexity index is 159. The Kier molecular flexibility index (Phi) is 1.75.